The number of rotatable bonds is 3. The Bertz CT molecular complexity index is 567. The number of benzene rings is 1. The first-order valence-electron chi connectivity index (χ1n) is 8.86. The van der Waals surface area contributed by atoms with Crippen molar-refractivity contribution in [3.63, 3.8) is 0 Å². The van der Waals surface area contributed by atoms with Gasteiger partial charge in [-0.15, -0.1) is 0 Å². The highest BCUT2D eigenvalue weighted by Crippen LogP contribution is 2.50. The lowest BCUT2D eigenvalue weighted by Gasteiger charge is -2.42. The van der Waals surface area contributed by atoms with Gasteiger partial charge in [0.25, 0.3) is 0 Å². The molecule has 0 heterocycles. The molecule has 0 fully saturated rings. The fraction of sp³-hybridized carbons (Fsp3) is 0.619. The number of allylic oxidation sites excluding steroid dienone is 2. The van der Waals surface area contributed by atoms with Gasteiger partial charge in [-0.1, -0.05) is 44.1 Å². The molecule has 0 spiro atoms. The highest BCUT2D eigenvalue weighted by Gasteiger charge is 2.35. The van der Waals surface area contributed by atoms with Crippen LogP contribution < -0.4 is 4.74 Å². The molecule has 2 aliphatic carbocycles. The minimum atomic E-state index is 0.431. The number of ether oxygens (including phenoxy) is 1. The second-order valence-corrected chi connectivity index (χ2v) is 7.89. The molecule has 0 radical (unpaired) electrons. The van der Waals surface area contributed by atoms with E-state index < -0.39 is 0 Å². The molecule has 3 rings (SSSR count). The van der Waals surface area contributed by atoms with E-state index in [0.29, 0.717) is 11.3 Å². The van der Waals surface area contributed by atoms with Gasteiger partial charge in [-0.05, 0) is 73.5 Å². The van der Waals surface area contributed by atoms with E-state index in [2.05, 4.69) is 39.0 Å². The Balaban J connectivity index is 1.80. The van der Waals surface area contributed by atoms with Gasteiger partial charge in [-0.3, -0.25) is 0 Å². The Labute approximate surface area is 135 Å². The van der Waals surface area contributed by atoms with Crippen molar-refractivity contribution in [3.05, 3.63) is 41.0 Å². The van der Waals surface area contributed by atoms with Crippen molar-refractivity contribution in [1.82, 2.24) is 0 Å². The van der Waals surface area contributed by atoms with Crippen molar-refractivity contribution in [2.24, 2.45) is 11.3 Å². The molecule has 120 valence electrons. The molecule has 22 heavy (non-hydrogen) atoms. The lowest BCUT2D eigenvalue weighted by molar-refractivity contribution is 0.287. The summed E-state index contributed by atoms with van der Waals surface area (Å²) in [7, 11) is 1.76. The molecular weight excluding hydrogens is 268 g/mol. The van der Waals surface area contributed by atoms with Crippen LogP contribution in [0.15, 0.2) is 35.4 Å². The molecular formula is C21H30O. The second kappa shape index (κ2) is 6.10. The Morgan fingerprint density at radius 1 is 1.23 bits per heavy atom. The maximum atomic E-state index is 5.40. The second-order valence-electron chi connectivity index (χ2n) is 7.89. The van der Waals surface area contributed by atoms with Gasteiger partial charge in [0.15, 0.2) is 0 Å². The molecule has 0 aliphatic heterocycles. The van der Waals surface area contributed by atoms with Crippen molar-refractivity contribution in [2.75, 3.05) is 7.11 Å². The highest BCUT2D eigenvalue weighted by atomic mass is 16.5. The minimum absolute atomic E-state index is 0.431. The van der Waals surface area contributed by atoms with Gasteiger partial charge in [0, 0.05) is 0 Å². The monoisotopic (exact) mass is 298 g/mol. The topological polar surface area (TPSA) is 9.23 Å². The van der Waals surface area contributed by atoms with Gasteiger partial charge in [0.2, 0.25) is 0 Å². The van der Waals surface area contributed by atoms with E-state index in [1.54, 1.807) is 18.3 Å². The molecule has 0 aromatic heterocycles. The third-order valence-corrected chi connectivity index (χ3v) is 6.13. The maximum Gasteiger partial charge on any atom is 0.119 e. The van der Waals surface area contributed by atoms with Crippen molar-refractivity contribution in [2.45, 2.75) is 65.2 Å². The lowest BCUT2D eigenvalue weighted by atomic mass is 9.63. The van der Waals surface area contributed by atoms with Gasteiger partial charge in [0.05, 0.1) is 7.11 Å². The van der Waals surface area contributed by atoms with E-state index in [-0.39, 0.29) is 0 Å². The molecule has 0 saturated carbocycles. The molecule has 2 unspecified atom stereocenters. The van der Waals surface area contributed by atoms with Gasteiger partial charge in [-0.2, -0.15) is 0 Å². The molecule has 1 aromatic carbocycles. The summed E-state index contributed by atoms with van der Waals surface area (Å²) in [5.74, 6) is 2.38. The first-order valence-corrected chi connectivity index (χ1v) is 8.86. The predicted octanol–water partition coefficient (Wildman–Crippen LogP) is 6.11. The molecule has 0 amide bonds. The maximum absolute atomic E-state index is 5.40. The van der Waals surface area contributed by atoms with E-state index in [1.165, 1.54) is 44.1 Å². The van der Waals surface area contributed by atoms with Crippen molar-refractivity contribution < 1.29 is 4.74 Å². The zero-order valence-electron chi connectivity index (χ0n) is 14.6. The summed E-state index contributed by atoms with van der Waals surface area (Å²) in [6, 6.07) is 8.66. The van der Waals surface area contributed by atoms with Crippen molar-refractivity contribution in [3.8, 4) is 5.75 Å². The fourth-order valence-electron chi connectivity index (χ4n) is 4.57. The van der Waals surface area contributed by atoms with Crippen molar-refractivity contribution >= 4 is 0 Å². The molecule has 0 bridgehead atoms. The smallest absolute Gasteiger partial charge is 0.119 e. The normalized spacial score (nSPS) is 25.5. The molecule has 0 saturated heterocycles. The van der Waals surface area contributed by atoms with Crippen LogP contribution in [-0.4, -0.2) is 7.11 Å². The van der Waals surface area contributed by atoms with Crippen LogP contribution in [0.2, 0.25) is 0 Å². The average molecular weight is 298 g/mol. The van der Waals surface area contributed by atoms with Crippen LogP contribution in [0.4, 0.5) is 0 Å². The number of methoxy groups -OCH3 is 1. The van der Waals surface area contributed by atoms with E-state index in [0.717, 1.165) is 11.7 Å². The summed E-state index contributed by atoms with van der Waals surface area (Å²) in [4.78, 5) is 0. The summed E-state index contributed by atoms with van der Waals surface area (Å²) >= 11 is 0. The summed E-state index contributed by atoms with van der Waals surface area (Å²) in [6.07, 6.45) is 8.11. The lowest BCUT2D eigenvalue weighted by Crippen LogP contribution is -2.27. The Morgan fingerprint density at radius 2 is 2.05 bits per heavy atom. The SMILES string of the molecule is COc1cccc(C(C)C2CCC3=C(C2)C(C)(C)CCC3)c1. The third kappa shape index (κ3) is 2.95. The molecule has 2 aliphatic rings. The molecule has 1 heteroatoms. The van der Waals surface area contributed by atoms with Gasteiger partial charge < -0.3 is 4.74 Å². The molecule has 1 nitrogen and oxygen atoms in total. The molecule has 0 N–H and O–H groups in total. The fourth-order valence-corrected chi connectivity index (χ4v) is 4.57. The Hall–Kier alpha value is -1.24. The molecule has 1 aromatic rings. The number of hydrogen-bond acceptors (Lipinski definition) is 1. The van der Waals surface area contributed by atoms with Crippen LogP contribution in [0.5, 0.6) is 5.75 Å². The van der Waals surface area contributed by atoms with Crippen LogP contribution >= 0.6 is 0 Å². The number of hydrogen-bond donors (Lipinski definition) is 0. The standard InChI is InChI=1S/C21H30O/c1-15(17-7-5-9-19(13-17)22-4)18-11-10-16-8-6-12-21(2,3)20(16)14-18/h5,7,9,13,15,18H,6,8,10-12,14H2,1-4H3. The third-order valence-electron chi connectivity index (χ3n) is 6.13. The zero-order valence-corrected chi connectivity index (χ0v) is 14.6. The van der Waals surface area contributed by atoms with Crippen molar-refractivity contribution in [1.29, 1.82) is 0 Å². The minimum Gasteiger partial charge on any atom is -0.497 e. The Morgan fingerprint density at radius 3 is 2.82 bits per heavy atom. The summed E-state index contributed by atoms with van der Waals surface area (Å²) in [6.45, 7) is 7.32. The van der Waals surface area contributed by atoms with E-state index in [9.17, 15) is 0 Å². The summed E-state index contributed by atoms with van der Waals surface area (Å²) in [5.41, 5.74) is 5.46. The quantitative estimate of drug-likeness (QED) is 0.612. The first-order chi connectivity index (χ1) is 10.5. The van der Waals surface area contributed by atoms with E-state index in [1.807, 2.05) is 6.07 Å². The largest absolute Gasteiger partial charge is 0.497 e. The van der Waals surface area contributed by atoms with Crippen LogP contribution in [0.3, 0.4) is 0 Å². The van der Waals surface area contributed by atoms with Crippen LogP contribution in [0.1, 0.15) is 70.8 Å². The van der Waals surface area contributed by atoms with Crippen LogP contribution in [0.25, 0.3) is 0 Å². The zero-order chi connectivity index (χ0) is 15.7. The van der Waals surface area contributed by atoms with E-state index in [4.69, 9.17) is 4.74 Å². The first kappa shape index (κ1) is 15.6. The predicted molar refractivity (Wildman–Crippen MR) is 93.4 cm³/mol. The van der Waals surface area contributed by atoms with Gasteiger partial charge >= 0.3 is 0 Å². The Kier molecular flexibility index (Phi) is 4.34. The highest BCUT2D eigenvalue weighted by molar-refractivity contribution is 5.33. The van der Waals surface area contributed by atoms with Crippen LogP contribution in [0, 0.1) is 11.3 Å². The van der Waals surface area contributed by atoms with E-state index >= 15 is 0 Å². The summed E-state index contributed by atoms with van der Waals surface area (Å²) < 4.78 is 5.40. The molecule has 2 atom stereocenters. The van der Waals surface area contributed by atoms with Gasteiger partial charge in [0.1, 0.15) is 5.75 Å². The van der Waals surface area contributed by atoms with Gasteiger partial charge in [-0.25, -0.2) is 0 Å². The summed E-state index contributed by atoms with van der Waals surface area (Å²) in [5, 5.41) is 0. The van der Waals surface area contributed by atoms with Crippen LogP contribution in [-0.2, 0) is 0 Å². The average Bonchev–Trinajstić information content (AvgIpc) is 2.54.